The molecule has 2 aromatic heterocycles. The number of nitrogens with zero attached hydrogens (tertiary/aromatic N) is 3. The molecule has 0 fully saturated rings. The van der Waals surface area contributed by atoms with Crippen molar-refractivity contribution in [3.63, 3.8) is 0 Å². The number of aromatic nitrogens is 3. The summed E-state index contributed by atoms with van der Waals surface area (Å²) in [6.07, 6.45) is 1.61. The summed E-state index contributed by atoms with van der Waals surface area (Å²) < 4.78 is 1.42. The lowest BCUT2D eigenvalue weighted by molar-refractivity contribution is 0.282. The second-order valence-corrected chi connectivity index (χ2v) is 6.34. The molecule has 0 bridgehead atoms. The minimum atomic E-state index is -0.268. The Morgan fingerprint density at radius 3 is 2.59 bits per heavy atom. The molecule has 2 heterocycles. The number of fused-ring (bicyclic) bond motifs is 1. The third-order valence-electron chi connectivity index (χ3n) is 4.10. The molecular weight excluding hydrogens is 364 g/mol. The minimum Gasteiger partial charge on any atom is -0.392 e. The van der Waals surface area contributed by atoms with Gasteiger partial charge in [-0.25, -0.2) is 14.5 Å². The van der Waals surface area contributed by atoms with Crippen LogP contribution in [0.2, 0.25) is 5.02 Å². The predicted octanol–water partition coefficient (Wildman–Crippen LogP) is 3.67. The smallest absolute Gasteiger partial charge is 0.268 e. The second kappa shape index (κ2) is 7.19. The number of halogens is 1. The molecular formula is C20H15ClN4O2. The SMILES string of the molecule is O=c1c2cc(Cl)ccc2nc(Nc2ccc(CO)cc2)n1-c1ccccn1. The van der Waals surface area contributed by atoms with E-state index in [1.165, 1.54) is 4.57 Å². The first-order valence-corrected chi connectivity index (χ1v) is 8.64. The van der Waals surface area contributed by atoms with E-state index in [2.05, 4.69) is 15.3 Å². The molecule has 2 N–H and O–H groups in total. The zero-order valence-electron chi connectivity index (χ0n) is 14.1. The van der Waals surface area contributed by atoms with E-state index in [4.69, 9.17) is 11.6 Å². The average Bonchev–Trinajstić information content (AvgIpc) is 2.70. The molecule has 0 atom stereocenters. The Kier molecular flexibility index (Phi) is 4.58. The van der Waals surface area contributed by atoms with E-state index in [1.807, 2.05) is 12.1 Å². The first-order valence-electron chi connectivity index (χ1n) is 8.26. The molecule has 0 amide bonds. The summed E-state index contributed by atoms with van der Waals surface area (Å²) in [7, 11) is 0. The van der Waals surface area contributed by atoms with E-state index in [9.17, 15) is 9.90 Å². The molecule has 0 spiro atoms. The maximum Gasteiger partial charge on any atom is 0.268 e. The molecule has 0 saturated carbocycles. The van der Waals surface area contributed by atoms with Gasteiger partial charge in [-0.2, -0.15) is 0 Å². The van der Waals surface area contributed by atoms with Crippen LogP contribution >= 0.6 is 11.6 Å². The van der Waals surface area contributed by atoms with Gasteiger partial charge in [-0.15, -0.1) is 0 Å². The summed E-state index contributed by atoms with van der Waals surface area (Å²) in [4.78, 5) is 22.0. The Morgan fingerprint density at radius 2 is 1.89 bits per heavy atom. The molecule has 4 rings (SSSR count). The Bertz CT molecular complexity index is 1160. The standard InChI is InChI=1S/C20H15ClN4O2/c21-14-6-9-17-16(11-14)19(27)25(18-3-1-2-10-22-18)20(24-17)23-15-7-4-13(12-26)5-8-15/h1-11,26H,12H2,(H,23,24). The van der Waals surface area contributed by atoms with Gasteiger partial charge in [0, 0.05) is 16.9 Å². The summed E-state index contributed by atoms with van der Waals surface area (Å²) in [6, 6.07) is 17.5. The normalized spacial score (nSPS) is 10.9. The van der Waals surface area contributed by atoms with E-state index in [1.54, 1.807) is 54.7 Å². The molecule has 4 aromatic rings. The lowest BCUT2D eigenvalue weighted by atomic mass is 10.2. The third-order valence-corrected chi connectivity index (χ3v) is 4.34. The van der Waals surface area contributed by atoms with E-state index in [0.29, 0.717) is 27.7 Å². The number of pyridine rings is 1. The molecule has 7 heteroatoms. The molecule has 0 radical (unpaired) electrons. The molecule has 0 saturated heterocycles. The van der Waals surface area contributed by atoms with Crippen LogP contribution in [0.1, 0.15) is 5.56 Å². The highest BCUT2D eigenvalue weighted by Gasteiger charge is 2.14. The van der Waals surface area contributed by atoms with Gasteiger partial charge in [-0.3, -0.25) is 4.79 Å². The molecule has 27 heavy (non-hydrogen) atoms. The van der Waals surface area contributed by atoms with Gasteiger partial charge >= 0.3 is 0 Å². The highest BCUT2D eigenvalue weighted by Crippen LogP contribution is 2.21. The van der Waals surface area contributed by atoms with E-state index >= 15 is 0 Å². The van der Waals surface area contributed by atoms with Gasteiger partial charge in [0.1, 0.15) is 5.82 Å². The number of nitrogens with one attached hydrogen (secondary N) is 1. The predicted molar refractivity (Wildman–Crippen MR) is 106 cm³/mol. The lowest BCUT2D eigenvalue weighted by Crippen LogP contribution is -2.23. The van der Waals surface area contributed by atoms with Crippen molar-refractivity contribution in [3.05, 3.63) is 87.8 Å². The van der Waals surface area contributed by atoms with Crippen LogP contribution in [0.25, 0.3) is 16.7 Å². The van der Waals surface area contributed by atoms with Gasteiger partial charge in [0.05, 0.1) is 17.5 Å². The fraction of sp³-hybridized carbons (Fsp3) is 0.0500. The van der Waals surface area contributed by atoms with Crippen molar-refractivity contribution in [3.8, 4) is 5.82 Å². The summed E-state index contributed by atoms with van der Waals surface area (Å²) >= 11 is 6.06. The van der Waals surface area contributed by atoms with Crippen LogP contribution in [0.4, 0.5) is 11.6 Å². The van der Waals surface area contributed by atoms with Crippen LogP contribution in [-0.4, -0.2) is 19.6 Å². The summed E-state index contributed by atoms with van der Waals surface area (Å²) in [5.74, 6) is 0.789. The van der Waals surface area contributed by atoms with E-state index in [0.717, 1.165) is 11.3 Å². The molecule has 0 aliphatic carbocycles. The Morgan fingerprint density at radius 1 is 1.07 bits per heavy atom. The number of hydrogen-bond acceptors (Lipinski definition) is 5. The van der Waals surface area contributed by atoms with Gasteiger partial charge in [0.15, 0.2) is 0 Å². The van der Waals surface area contributed by atoms with Crippen LogP contribution < -0.4 is 10.9 Å². The second-order valence-electron chi connectivity index (χ2n) is 5.91. The average molecular weight is 379 g/mol. The molecule has 2 aromatic carbocycles. The minimum absolute atomic E-state index is 0.0338. The topological polar surface area (TPSA) is 80.0 Å². The largest absolute Gasteiger partial charge is 0.392 e. The van der Waals surface area contributed by atoms with E-state index < -0.39 is 0 Å². The zero-order chi connectivity index (χ0) is 18.8. The first-order chi connectivity index (χ1) is 13.2. The van der Waals surface area contributed by atoms with Gasteiger partial charge in [0.2, 0.25) is 5.95 Å². The van der Waals surface area contributed by atoms with Crippen molar-refractivity contribution >= 4 is 34.1 Å². The fourth-order valence-electron chi connectivity index (χ4n) is 2.76. The maximum atomic E-state index is 13.1. The van der Waals surface area contributed by atoms with Crippen LogP contribution in [0, 0.1) is 0 Å². The number of benzene rings is 2. The summed E-state index contributed by atoms with van der Waals surface area (Å²) in [5.41, 5.74) is 1.79. The van der Waals surface area contributed by atoms with E-state index in [-0.39, 0.29) is 12.2 Å². The molecule has 134 valence electrons. The lowest BCUT2D eigenvalue weighted by Gasteiger charge is -2.14. The van der Waals surface area contributed by atoms with Gasteiger partial charge in [0.25, 0.3) is 5.56 Å². The molecule has 0 unspecified atom stereocenters. The quantitative estimate of drug-likeness (QED) is 0.566. The van der Waals surface area contributed by atoms with Gasteiger partial charge in [-0.05, 0) is 48.0 Å². The van der Waals surface area contributed by atoms with Crippen molar-refractivity contribution < 1.29 is 5.11 Å². The van der Waals surface area contributed by atoms with Crippen LogP contribution in [-0.2, 0) is 6.61 Å². The number of aliphatic hydroxyl groups is 1. The van der Waals surface area contributed by atoms with Crippen molar-refractivity contribution in [2.75, 3.05) is 5.32 Å². The molecule has 0 aliphatic rings. The van der Waals surface area contributed by atoms with Crippen molar-refractivity contribution in [2.45, 2.75) is 6.61 Å². The van der Waals surface area contributed by atoms with Crippen molar-refractivity contribution in [2.24, 2.45) is 0 Å². The highest BCUT2D eigenvalue weighted by atomic mass is 35.5. The van der Waals surface area contributed by atoms with Crippen LogP contribution in [0.5, 0.6) is 0 Å². The Hall–Kier alpha value is -3.22. The Labute approximate surface area is 159 Å². The number of rotatable bonds is 4. The zero-order valence-corrected chi connectivity index (χ0v) is 14.9. The number of aliphatic hydroxyl groups excluding tert-OH is 1. The fourth-order valence-corrected chi connectivity index (χ4v) is 2.93. The Balaban J connectivity index is 1.91. The van der Waals surface area contributed by atoms with Crippen molar-refractivity contribution in [1.29, 1.82) is 0 Å². The van der Waals surface area contributed by atoms with Crippen molar-refractivity contribution in [1.82, 2.24) is 14.5 Å². The van der Waals surface area contributed by atoms with Crippen LogP contribution in [0.3, 0.4) is 0 Å². The number of anilines is 2. The summed E-state index contributed by atoms with van der Waals surface area (Å²) in [6.45, 7) is -0.0338. The van der Waals surface area contributed by atoms with Gasteiger partial charge < -0.3 is 10.4 Å². The monoisotopic (exact) mass is 378 g/mol. The van der Waals surface area contributed by atoms with Gasteiger partial charge in [-0.1, -0.05) is 29.8 Å². The molecule has 0 aliphatic heterocycles. The first kappa shape index (κ1) is 17.2. The highest BCUT2D eigenvalue weighted by molar-refractivity contribution is 6.31. The third kappa shape index (κ3) is 3.40. The molecule has 6 nitrogen and oxygen atoms in total. The number of hydrogen-bond donors (Lipinski definition) is 2. The maximum absolute atomic E-state index is 13.1. The van der Waals surface area contributed by atoms with Crippen LogP contribution in [0.15, 0.2) is 71.7 Å². The summed E-state index contributed by atoms with van der Waals surface area (Å²) in [5, 5.41) is 13.2.